The fourth-order valence-corrected chi connectivity index (χ4v) is 4.19. The van der Waals surface area contributed by atoms with Crippen molar-refractivity contribution in [3.8, 4) is 17.7 Å². The van der Waals surface area contributed by atoms with Gasteiger partial charge in [-0.05, 0) is 44.3 Å². The number of hydrogen-bond donors (Lipinski definition) is 1. The van der Waals surface area contributed by atoms with E-state index < -0.39 is 0 Å². The van der Waals surface area contributed by atoms with E-state index in [1.165, 1.54) is 0 Å². The molecule has 0 saturated heterocycles. The SMILES string of the molecule is C[C@H]1CN([C@@H](C)CO)C(=O)c2cc(C#Cc3ccccc3)cnc2O[C@H]1CN(C)Cc1ccccn1. The number of rotatable bonds is 6. The number of carbonyl (C=O) groups is 1. The zero-order valence-electron chi connectivity index (χ0n) is 21.0. The Labute approximate surface area is 212 Å². The second-order valence-electron chi connectivity index (χ2n) is 9.33. The van der Waals surface area contributed by atoms with Gasteiger partial charge in [0.15, 0.2) is 0 Å². The summed E-state index contributed by atoms with van der Waals surface area (Å²) < 4.78 is 6.38. The molecular weight excluding hydrogens is 452 g/mol. The molecule has 1 aliphatic heterocycles. The van der Waals surface area contributed by atoms with Crippen LogP contribution in [0, 0.1) is 17.8 Å². The summed E-state index contributed by atoms with van der Waals surface area (Å²) in [7, 11) is 2.03. The first kappa shape index (κ1) is 25.4. The third-order valence-corrected chi connectivity index (χ3v) is 6.30. The fraction of sp³-hybridized carbons (Fsp3) is 0.345. The molecular formula is C29H32N4O3. The van der Waals surface area contributed by atoms with Gasteiger partial charge in [-0.2, -0.15) is 0 Å². The fourth-order valence-electron chi connectivity index (χ4n) is 4.19. The van der Waals surface area contributed by atoms with Gasteiger partial charge in [0.25, 0.3) is 5.91 Å². The molecule has 3 aromatic rings. The van der Waals surface area contributed by atoms with Crippen molar-refractivity contribution < 1.29 is 14.6 Å². The van der Waals surface area contributed by atoms with E-state index in [9.17, 15) is 9.90 Å². The third kappa shape index (κ3) is 6.28. The number of amides is 1. The highest BCUT2D eigenvalue weighted by Gasteiger charge is 2.34. The Bertz CT molecular complexity index is 1220. The van der Waals surface area contributed by atoms with Crippen molar-refractivity contribution in [1.82, 2.24) is 19.8 Å². The van der Waals surface area contributed by atoms with E-state index in [0.717, 1.165) is 11.3 Å². The lowest BCUT2D eigenvalue weighted by Gasteiger charge is -2.37. The highest BCUT2D eigenvalue weighted by atomic mass is 16.5. The van der Waals surface area contributed by atoms with Crippen LogP contribution in [0.2, 0.25) is 0 Å². The summed E-state index contributed by atoms with van der Waals surface area (Å²) in [6, 6.07) is 16.9. The van der Waals surface area contributed by atoms with E-state index in [4.69, 9.17) is 4.74 Å². The molecule has 0 spiro atoms. The van der Waals surface area contributed by atoms with E-state index in [1.54, 1.807) is 23.4 Å². The molecule has 1 aromatic carbocycles. The van der Waals surface area contributed by atoms with Crippen LogP contribution >= 0.6 is 0 Å². The number of aromatic nitrogens is 2. The van der Waals surface area contributed by atoms with Gasteiger partial charge in [0.05, 0.1) is 18.3 Å². The Morgan fingerprint density at radius 2 is 1.89 bits per heavy atom. The second-order valence-corrected chi connectivity index (χ2v) is 9.33. The van der Waals surface area contributed by atoms with Crippen molar-refractivity contribution in [2.75, 3.05) is 26.7 Å². The normalized spacial score (nSPS) is 18.4. The Hall–Kier alpha value is -3.73. The molecule has 0 bridgehead atoms. The Balaban J connectivity index is 1.63. The molecule has 3 heterocycles. The molecule has 186 valence electrons. The molecule has 0 radical (unpaired) electrons. The van der Waals surface area contributed by atoms with Gasteiger partial charge in [0, 0.05) is 49.1 Å². The summed E-state index contributed by atoms with van der Waals surface area (Å²) in [6.07, 6.45) is 3.21. The van der Waals surface area contributed by atoms with Gasteiger partial charge in [0.1, 0.15) is 11.7 Å². The molecule has 7 heteroatoms. The van der Waals surface area contributed by atoms with Gasteiger partial charge in [-0.15, -0.1) is 0 Å². The molecule has 36 heavy (non-hydrogen) atoms. The number of aliphatic hydroxyl groups is 1. The average Bonchev–Trinajstić information content (AvgIpc) is 2.90. The largest absolute Gasteiger partial charge is 0.472 e. The zero-order valence-corrected chi connectivity index (χ0v) is 21.0. The predicted octanol–water partition coefficient (Wildman–Crippen LogP) is 3.23. The predicted molar refractivity (Wildman–Crippen MR) is 138 cm³/mol. The van der Waals surface area contributed by atoms with Crippen LogP contribution in [0.15, 0.2) is 67.0 Å². The summed E-state index contributed by atoms with van der Waals surface area (Å²) in [5, 5.41) is 9.86. The van der Waals surface area contributed by atoms with Gasteiger partial charge in [-0.1, -0.05) is 43.0 Å². The summed E-state index contributed by atoms with van der Waals surface area (Å²) in [5.74, 6) is 6.31. The number of aliphatic hydroxyl groups excluding tert-OH is 1. The summed E-state index contributed by atoms with van der Waals surface area (Å²) in [5.41, 5.74) is 2.85. The van der Waals surface area contributed by atoms with E-state index in [0.29, 0.717) is 36.6 Å². The first-order valence-corrected chi connectivity index (χ1v) is 12.2. The molecule has 7 nitrogen and oxygen atoms in total. The topological polar surface area (TPSA) is 78.8 Å². The smallest absolute Gasteiger partial charge is 0.259 e. The average molecular weight is 485 g/mol. The van der Waals surface area contributed by atoms with Crippen molar-refractivity contribution in [3.63, 3.8) is 0 Å². The zero-order chi connectivity index (χ0) is 25.5. The Morgan fingerprint density at radius 3 is 2.61 bits per heavy atom. The number of benzene rings is 1. The van der Waals surface area contributed by atoms with E-state index in [1.807, 2.05) is 62.5 Å². The van der Waals surface area contributed by atoms with Crippen LogP contribution in [0.4, 0.5) is 0 Å². The number of ether oxygens (including phenoxy) is 1. The number of likely N-dealkylation sites (N-methyl/N-ethyl adjacent to an activating group) is 1. The number of carbonyl (C=O) groups excluding carboxylic acids is 1. The minimum Gasteiger partial charge on any atom is -0.472 e. The maximum atomic E-state index is 13.6. The molecule has 1 amide bonds. The molecule has 0 fully saturated rings. The Kier molecular flexibility index (Phi) is 8.32. The number of pyridine rings is 2. The molecule has 3 atom stereocenters. The minimum atomic E-state index is -0.336. The molecule has 1 N–H and O–H groups in total. The lowest BCUT2D eigenvalue weighted by molar-refractivity contribution is 0.0324. The standard InChI is InChI=1S/C29H32N4O3/c1-21-17-33(22(2)20-34)29(35)26-15-24(13-12-23-9-5-4-6-10-23)16-31-28(26)36-27(21)19-32(3)18-25-11-7-8-14-30-25/h4-11,14-16,21-22,27,34H,17-20H2,1-3H3/t21-,22-,27-/m0/s1. The molecule has 1 aliphatic rings. The third-order valence-electron chi connectivity index (χ3n) is 6.30. The van der Waals surface area contributed by atoms with Crippen molar-refractivity contribution >= 4 is 5.91 Å². The van der Waals surface area contributed by atoms with Gasteiger partial charge in [0.2, 0.25) is 5.88 Å². The first-order valence-electron chi connectivity index (χ1n) is 12.2. The second kappa shape index (κ2) is 11.8. The summed E-state index contributed by atoms with van der Waals surface area (Å²) in [6.45, 7) is 5.55. The lowest BCUT2D eigenvalue weighted by atomic mass is 10.00. The van der Waals surface area contributed by atoms with Crippen LogP contribution in [-0.2, 0) is 6.54 Å². The van der Waals surface area contributed by atoms with Gasteiger partial charge >= 0.3 is 0 Å². The maximum absolute atomic E-state index is 13.6. The van der Waals surface area contributed by atoms with Crippen LogP contribution in [0.3, 0.4) is 0 Å². The maximum Gasteiger partial charge on any atom is 0.259 e. The van der Waals surface area contributed by atoms with E-state index in [-0.39, 0.29) is 30.6 Å². The number of nitrogens with zero attached hydrogens (tertiary/aromatic N) is 4. The van der Waals surface area contributed by atoms with Crippen LogP contribution < -0.4 is 4.74 Å². The van der Waals surface area contributed by atoms with Gasteiger partial charge in [-0.3, -0.25) is 14.7 Å². The lowest BCUT2D eigenvalue weighted by Crippen LogP contribution is -2.49. The van der Waals surface area contributed by atoms with E-state index in [2.05, 4.69) is 33.6 Å². The monoisotopic (exact) mass is 484 g/mol. The molecule has 4 rings (SSSR count). The van der Waals surface area contributed by atoms with Crippen LogP contribution in [0.25, 0.3) is 0 Å². The molecule has 0 saturated carbocycles. The van der Waals surface area contributed by atoms with Crippen molar-refractivity contribution in [2.24, 2.45) is 5.92 Å². The highest BCUT2D eigenvalue weighted by Crippen LogP contribution is 2.27. The molecule has 0 unspecified atom stereocenters. The molecule has 2 aromatic heterocycles. The van der Waals surface area contributed by atoms with Gasteiger partial charge in [-0.25, -0.2) is 4.98 Å². The highest BCUT2D eigenvalue weighted by molar-refractivity contribution is 5.97. The van der Waals surface area contributed by atoms with Crippen LogP contribution in [-0.4, -0.2) is 69.7 Å². The number of fused-ring (bicyclic) bond motifs is 1. The van der Waals surface area contributed by atoms with Gasteiger partial charge < -0.3 is 14.7 Å². The van der Waals surface area contributed by atoms with Crippen LogP contribution in [0.5, 0.6) is 5.88 Å². The van der Waals surface area contributed by atoms with Crippen LogP contribution in [0.1, 0.15) is 41.0 Å². The molecule has 0 aliphatic carbocycles. The number of hydrogen-bond acceptors (Lipinski definition) is 6. The van der Waals surface area contributed by atoms with Crippen molar-refractivity contribution in [3.05, 3.63) is 89.4 Å². The minimum absolute atomic E-state index is 0.0154. The van der Waals surface area contributed by atoms with Crippen molar-refractivity contribution in [1.29, 1.82) is 0 Å². The quantitative estimate of drug-likeness (QED) is 0.542. The van der Waals surface area contributed by atoms with Crippen molar-refractivity contribution in [2.45, 2.75) is 32.5 Å². The first-order chi connectivity index (χ1) is 17.4. The Morgan fingerprint density at radius 1 is 1.14 bits per heavy atom. The summed E-state index contributed by atoms with van der Waals surface area (Å²) >= 11 is 0. The van der Waals surface area contributed by atoms with E-state index >= 15 is 0 Å². The summed E-state index contributed by atoms with van der Waals surface area (Å²) in [4.78, 5) is 26.4.